The number of pyridine rings is 1. The number of nitrogens with one attached hydrogen (secondary N) is 1. The summed E-state index contributed by atoms with van der Waals surface area (Å²) in [7, 11) is -6.29. The second-order valence-electron chi connectivity index (χ2n) is 10.4. The van der Waals surface area contributed by atoms with Crippen LogP contribution in [-0.2, 0) is 32.1 Å². The van der Waals surface area contributed by atoms with Gasteiger partial charge in [0.05, 0.1) is 28.7 Å². The predicted octanol–water partition coefficient (Wildman–Crippen LogP) is 3.14. The van der Waals surface area contributed by atoms with Crippen molar-refractivity contribution in [2.45, 2.75) is 30.6 Å². The van der Waals surface area contributed by atoms with Crippen molar-refractivity contribution in [2.75, 3.05) is 5.32 Å². The largest absolute Gasteiger partial charge is 0.744 e. The summed E-state index contributed by atoms with van der Waals surface area (Å²) in [5.74, 6) is -0.178. The van der Waals surface area contributed by atoms with E-state index in [0.717, 1.165) is 39.3 Å². The second-order valence-corrected chi connectivity index (χ2v) is 13.2. The Morgan fingerprint density at radius 2 is 1.40 bits per heavy atom. The maximum absolute atomic E-state index is 11.2. The molecular weight excluding hydrogens is 659 g/mol. The lowest BCUT2D eigenvalue weighted by Gasteiger charge is -2.05. The number of guanidine groups is 1. The van der Waals surface area contributed by atoms with Gasteiger partial charge in [-0.25, -0.2) is 17.4 Å². The number of fused-ring (bicyclic) bond motifs is 1. The van der Waals surface area contributed by atoms with Crippen molar-refractivity contribution >= 4 is 49.7 Å². The van der Waals surface area contributed by atoms with Crippen LogP contribution >= 0.6 is 0 Å². The first-order chi connectivity index (χ1) is 22.4. The Morgan fingerprint density at radius 1 is 0.854 bits per heavy atom. The van der Waals surface area contributed by atoms with Crippen LogP contribution in [0.1, 0.15) is 23.6 Å². The summed E-state index contributed by atoms with van der Waals surface area (Å²) in [6, 6.07) is 23.5. The molecule has 0 aliphatic heterocycles. The van der Waals surface area contributed by atoms with E-state index in [1.165, 1.54) is 31.2 Å². The number of hydrogen-bond acceptors (Lipinski definition) is 8. The van der Waals surface area contributed by atoms with Gasteiger partial charge in [0.15, 0.2) is 5.69 Å². The summed E-state index contributed by atoms with van der Waals surface area (Å²) in [5, 5.41) is 10.2. The summed E-state index contributed by atoms with van der Waals surface area (Å²) in [6.45, 7) is 5.15. The monoisotopic (exact) mass is 693 g/mol. The molecule has 14 nitrogen and oxygen atoms in total. The van der Waals surface area contributed by atoms with Crippen molar-refractivity contribution in [3.8, 4) is 11.3 Å². The van der Waals surface area contributed by atoms with Gasteiger partial charge >= 0.3 is 0 Å². The number of rotatable bonds is 6. The first-order valence-electron chi connectivity index (χ1n) is 14.0. The zero-order valence-corrected chi connectivity index (χ0v) is 28.1. The lowest BCUT2D eigenvalue weighted by Crippen LogP contribution is -2.21. The SMILES string of the molecule is CC(=O)Nc1ccc2n(C)c(-c3ccc(/C=N/N=C(N)N)cc3)c[n+]2c1.Cc1ccc(S(=O)(=O)O)cc1.Cc1ccc(S(=O)(=O)[O-])cc1. The van der Waals surface area contributed by atoms with Gasteiger partial charge in [0.1, 0.15) is 22.5 Å². The van der Waals surface area contributed by atoms with Crippen LogP contribution in [0.2, 0.25) is 0 Å². The third-order valence-electron chi connectivity index (χ3n) is 6.46. The minimum atomic E-state index is -4.27. The van der Waals surface area contributed by atoms with Gasteiger partial charge in [-0.1, -0.05) is 47.5 Å². The van der Waals surface area contributed by atoms with Crippen molar-refractivity contribution in [3.05, 3.63) is 114 Å². The molecule has 252 valence electrons. The van der Waals surface area contributed by atoms with Crippen molar-refractivity contribution in [2.24, 2.45) is 28.7 Å². The van der Waals surface area contributed by atoms with E-state index in [1.807, 2.05) is 74.1 Å². The number of carbonyl (C=O) groups excluding carboxylic acids is 1. The van der Waals surface area contributed by atoms with Gasteiger partial charge < -0.3 is 21.3 Å². The summed E-state index contributed by atoms with van der Waals surface area (Å²) >= 11 is 0. The quantitative estimate of drug-likeness (QED) is 0.0673. The smallest absolute Gasteiger partial charge is 0.294 e. The highest BCUT2D eigenvalue weighted by Crippen LogP contribution is 2.21. The normalized spacial score (nSPS) is 11.2. The van der Waals surface area contributed by atoms with Gasteiger partial charge in [0.25, 0.3) is 15.8 Å². The van der Waals surface area contributed by atoms with E-state index >= 15 is 0 Å². The molecule has 0 bridgehead atoms. The van der Waals surface area contributed by atoms with Crippen LogP contribution in [-0.4, -0.2) is 48.6 Å². The average Bonchev–Trinajstić information content (AvgIpc) is 3.32. The van der Waals surface area contributed by atoms with E-state index in [9.17, 15) is 26.2 Å². The number of nitrogens with zero attached hydrogens (tertiary/aromatic N) is 4. The average molecular weight is 694 g/mol. The number of carbonyl (C=O) groups is 1. The van der Waals surface area contributed by atoms with Gasteiger partial charge in [-0.15, -0.1) is 5.10 Å². The van der Waals surface area contributed by atoms with Crippen molar-refractivity contribution in [1.82, 2.24) is 4.57 Å². The van der Waals surface area contributed by atoms with Crippen LogP contribution in [0.25, 0.3) is 16.9 Å². The number of nitrogens with two attached hydrogens (primary N) is 2. The minimum Gasteiger partial charge on any atom is -0.744 e. The van der Waals surface area contributed by atoms with Crippen molar-refractivity contribution < 1.29 is 35.1 Å². The highest BCUT2D eigenvalue weighted by Gasteiger charge is 2.16. The highest BCUT2D eigenvalue weighted by molar-refractivity contribution is 7.86. The Balaban J connectivity index is 0.000000233. The summed E-state index contributed by atoms with van der Waals surface area (Å²) < 4.78 is 64.8. The van der Waals surface area contributed by atoms with Gasteiger partial charge in [0, 0.05) is 18.6 Å². The van der Waals surface area contributed by atoms with Crippen LogP contribution in [0, 0.1) is 13.8 Å². The number of hydrogen-bond donors (Lipinski definition) is 4. The maximum Gasteiger partial charge on any atom is 0.294 e. The number of amides is 1. The minimum absolute atomic E-state index is 0.0666. The number of anilines is 1. The van der Waals surface area contributed by atoms with Crippen LogP contribution < -0.4 is 21.2 Å². The third-order valence-corrected chi connectivity index (χ3v) is 8.17. The molecule has 0 saturated carbocycles. The molecule has 0 spiro atoms. The molecule has 5 aromatic rings. The first-order valence-corrected chi connectivity index (χ1v) is 16.9. The second kappa shape index (κ2) is 15.9. The molecule has 0 aliphatic carbocycles. The standard InChI is InChI=1S/C18H19N7O.2C7H8O3S/c1-12(26)22-15-7-8-17-24(2)16(11-25(17)10-15)14-5-3-13(4-6-14)9-21-23-18(19)20;2*1-6-2-4-7(5-3-6)11(8,9)10/h3-11H,1-2H3,(H4-,19,20,22,23,26);2*2-5H,1H3,(H,8,9,10)/b21-9+;;. The zero-order chi connectivity index (χ0) is 35.6. The molecule has 0 unspecified atom stereocenters. The summed E-state index contributed by atoms with van der Waals surface area (Å²) in [4.78, 5) is 11.0. The summed E-state index contributed by atoms with van der Waals surface area (Å²) in [6.07, 6.45) is 5.49. The van der Waals surface area contributed by atoms with Crippen LogP contribution in [0.5, 0.6) is 0 Å². The Bertz CT molecular complexity index is 2080. The lowest BCUT2D eigenvalue weighted by molar-refractivity contribution is -0.509. The molecule has 0 fully saturated rings. The highest BCUT2D eigenvalue weighted by atomic mass is 32.2. The molecule has 0 aliphatic rings. The van der Waals surface area contributed by atoms with Gasteiger partial charge in [-0.05, 0) is 61.9 Å². The molecule has 0 atom stereocenters. The molecule has 0 saturated heterocycles. The number of aryl methyl sites for hydroxylation is 3. The van der Waals surface area contributed by atoms with E-state index in [0.29, 0.717) is 0 Å². The Hall–Kier alpha value is -5.42. The molecule has 2 aromatic heterocycles. The number of aromatic nitrogens is 2. The fraction of sp³-hybridized carbons (Fsp3) is 0.125. The maximum atomic E-state index is 11.2. The Kier molecular flexibility index (Phi) is 12.3. The van der Waals surface area contributed by atoms with E-state index < -0.39 is 20.2 Å². The third kappa shape index (κ3) is 11.1. The lowest BCUT2D eigenvalue weighted by atomic mass is 10.1. The van der Waals surface area contributed by atoms with Gasteiger partial charge in [-0.3, -0.25) is 9.35 Å². The predicted molar refractivity (Wildman–Crippen MR) is 182 cm³/mol. The fourth-order valence-electron chi connectivity index (χ4n) is 4.10. The number of imidazole rings is 1. The van der Waals surface area contributed by atoms with Crippen LogP contribution in [0.3, 0.4) is 0 Å². The van der Waals surface area contributed by atoms with E-state index in [1.54, 1.807) is 30.5 Å². The molecule has 2 heterocycles. The molecule has 48 heavy (non-hydrogen) atoms. The van der Waals surface area contributed by atoms with Crippen molar-refractivity contribution in [1.29, 1.82) is 0 Å². The fourth-order valence-corrected chi connectivity index (χ4v) is 5.05. The topological polar surface area (TPSA) is 226 Å². The van der Waals surface area contributed by atoms with Gasteiger partial charge in [-0.2, -0.15) is 13.5 Å². The van der Waals surface area contributed by atoms with E-state index in [2.05, 4.69) is 20.1 Å². The van der Waals surface area contributed by atoms with E-state index in [-0.39, 0.29) is 21.7 Å². The van der Waals surface area contributed by atoms with Crippen LogP contribution in [0.4, 0.5) is 5.69 Å². The van der Waals surface area contributed by atoms with Gasteiger partial charge in [0.2, 0.25) is 11.9 Å². The zero-order valence-electron chi connectivity index (χ0n) is 26.5. The molecule has 5 rings (SSSR count). The van der Waals surface area contributed by atoms with Crippen LogP contribution in [0.15, 0.2) is 117 Å². The molecule has 3 aromatic carbocycles. The molecule has 0 radical (unpaired) electrons. The first kappa shape index (κ1) is 37.0. The molecular formula is C32H35N7O7S2. The Morgan fingerprint density at radius 3 is 1.88 bits per heavy atom. The molecule has 1 amide bonds. The molecule has 16 heteroatoms. The number of benzene rings is 3. The molecule has 6 N–H and O–H groups in total. The summed E-state index contributed by atoms with van der Waals surface area (Å²) in [5.41, 5.74) is 17.1. The van der Waals surface area contributed by atoms with E-state index in [4.69, 9.17) is 16.0 Å². The Labute approximate surface area is 278 Å². The van der Waals surface area contributed by atoms with Crippen molar-refractivity contribution in [3.63, 3.8) is 0 Å².